The third-order valence-electron chi connectivity index (χ3n) is 4.18. The molecule has 1 aromatic rings. The molecule has 1 aromatic carbocycles. The smallest absolute Gasteiger partial charge is 0.234 e. The zero-order valence-electron chi connectivity index (χ0n) is 13.8. The highest BCUT2D eigenvalue weighted by atomic mass is 16.5. The van der Waals surface area contributed by atoms with Gasteiger partial charge in [0.1, 0.15) is 5.75 Å². The van der Waals surface area contributed by atoms with Gasteiger partial charge in [0.05, 0.1) is 26.3 Å². The molecule has 128 valence electrons. The largest absolute Gasteiger partial charge is 0.497 e. The van der Waals surface area contributed by atoms with Crippen molar-refractivity contribution in [1.82, 2.24) is 10.2 Å². The summed E-state index contributed by atoms with van der Waals surface area (Å²) in [6.45, 7) is 1.60. The lowest BCUT2D eigenvalue weighted by molar-refractivity contribution is -0.123. The highest BCUT2D eigenvalue weighted by Gasteiger charge is 2.21. The first-order valence-corrected chi connectivity index (χ1v) is 7.96. The van der Waals surface area contributed by atoms with Gasteiger partial charge in [-0.1, -0.05) is 12.1 Å². The molecular weight excluding hydrogens is 296 g/mol. The number of aliphatic hydroxyl groups is 1. The highest BCUT2D eigenvalue weighted by molar-refractivity contribution is 5.78. The zero-order valence-corrected chi connectivity index (χ0v) is 13.8. The fourth-order valence-corrected chi connectivity index (χ4v) is 2.78. The van der Waals surface area contributed by atoms with Gasteiger partial charge in [-0.25, -0.2) is 0 Å². The van der Waals surface area contributed by atoms with E-state index in [1.807, 2.05) is 36.2 Å². The Morgan fingerprint density at radius 2 is 2.04 bits per heavy atom. The molecule has 0 radical (unpaired) electrons. The van der Waals surface area contributed by atoms with Gasteiger partial charge in [0.2, 0.25) is 5.91 Å². The molecular formula is C17H26N2O4. The normalized spacial score (nSPS) is 17.0. The third-order valence-corrected chi connectivity index (χ3v) is 4.18. The van der Waals surface area contributed by atoms with Crippen LogP contribution < -0.4 is 10.1 Å². The van der Waals surface area contributed by atoms with Crippen LogP contribution in [0.2, 0.25) is 0 Å². The molecule has 0 aromatic heterocycles. The molecule has 0 aliphatic carbocycles. The van der Waals surface area contributed by atoms with Crippen molar-refractivity contribution in [2.45, 2.75) is 24.9 Å². The van der Waals surface area contributed by atoms with E-state index in [9.17, 15) is 9.90 Å². The molecule has 1 aliphatic rings. The number of hydrogen-bond donors (Lipinski definition) is 2. The maximum Gasteiger partial charge on any atom is 0.234 e. The van der Waals surface area contributed by atoms with E-state index in [0.29, 0.717) is 13.2 Å². The number of aliphatic hydroxyl groups excluding tert-OH is 1. The summed E-state index contributed by atoms with van der Waals surface area (Å²) in [4.78, 5) is 14.0. The second-order valence-electron chi connectivity index (χ2n) is 5.84. The molecule has 0 spiro atoms. The van der Waals surface area contributed by atoms with Crippen LogP contribution in [0.25, 0.3) is 0 Å². The predicted octanol–water partition coefficient (Wildman–Crippen LogP) is 0.956. The highest BCUT2D eigenvalue weighted by Crippen LogP contribution is 2.21. The minimum absolute atomic E-state index is 0.0219. The molecule has 1 heterocycles. The van der Waals surface area contributed by atoms with E-state index in [1.165, 1.54) is 0 Å². The Balaban J connectivity index is 1.90. The molecule has 1 amide bonds. The van der Waals surface area contributed by atoms with Crippen molar-refractivity contribution in [2.24, 2.45) is 0 Å². The second kappa shape index (κ2) is 8.86. The number of carbonyl (C=O) groups is 1. The molecule has 1 unspecified atom stereocenters. The number of rotatable bonds is 7. The first kappa shape index (κ1) is 17.7. The van der Waals surface area contributed by atoms with Gasteiger partial charge in [0.25, 0.3) is 0 Å². The molecule has 23 heavy (non-hydrogen) atoms. The predicted molar refractivity (Wildman–Crippen MR) is 87.4 cm³/mol. The lowest BCUT2D eigenvalue weighted by atomic mass is 10.1. The Labute approximate surface area is 137 Å². The lowest BCUT2D eigenvalue weighted by Gasteiger charge is -2.28. The summed E-state index contributed by atoms with van der Waals surface area (Å²) in [5.41, 5.74) is 0.953. The second-order valence-corrected chi connectivity index (χ2v) is 5.84. The summed E-state index contributed by atoms with van der Waals surface area (Å²) in [5.74, 6) is 0.747. The third kappa shape index (κ3) is 5.20. The Bertz CT molecular complexity index is 486. The van der Waals surface area contributed by atoms with Crippen LogP contribution in [0.4, 0.5) is 0 Å². The van der Waals surface area contributed by atoms with Crippen molar-refractivity contribution >= 4 is 5.91 Å². The van der Waals surface area contributed by atoms with Gasteiger partial charge in [-0.05, 0) is 37.6 Å². The summed E-state index contributed by atoms with van der Waals surface area (Å²) in [5, 5.41) is 12.7. The average Bonchev–Trinajstić information content (AvgIpc) is 2.57. The summed E-state index contributed by atoms with van der Waals surface area (Å²) < 4.78 is 10.4. The molecule has 1 aliphatic heterocycles. The van der Waals surface area contributed by atoms with E-state index in [-0.39, 0.29) is 31.1 Å². The summed E-state index contributed by atoms with van der Waals surface area (Å²) >= 11 is 0. The van der Waals surface area contributed by atoms with E-state index < -0.39 is 0 Å². The van der Waals surface area contributed by atoms with Crippen LogP contribution in [0.1, 0.15) is 24.4 Å². The number of likely N-dealkylation sites (N-methyl/N-ethyl adjacent to an activating group) is 1. The summed E-state index contributed by atoms with van der Waals surface area (Å²) in [6.07, 6.45) is 1.72. The van der Waals surface area contributed by atoms with Crippen LogP contribution >= 0.6 is 0 Å². The number of carbonyl (C=O) groups excluding carboxylic acids is 1. The molecule has 0 bridgehead atoms. The average molecular weight is 322 g/mol. The standard InChI is InChI=1S/C17H26N2O4/c1-19(11-17(21)18-14-7-9-23-10-8-14)16(12-20)13-3-5-15(22-2)6-4-13/h3-6,14,16,20H,7-12H2,1-2H3,(H,18,21). The van der Waals surface area contributed by atoms with Crippen molar-refractivity contribution in [2.75, 3.05) is 40.5 Å². The van der Waals surface area contributed by atoms with Gasteiger partial charge < -0.3 is 19.9 Å². The quantitative estimate of drug-likeness (QED) is 0.782. The number of amides is 1. The Hall–Kier alpha value is -1.63. The van der Waals surface area contributed by atoms with Gasteiger partial charge in [0, 0.05) is 19.3 Å². The van der Waals surface area contributed by atoms with Crippen molar-refractivity contribution < 1.29 is 19.4 Å². The monoisotopic (exact) mass is 322 g/mol. The minimum Gasteiger partial charge on any atom is -0.497 e. The first-order chi connectivity index (χ1) is 11.1. The van der Waals surface area contributed by atoms with Crippen molar-refractivity contribution in [3.8, 4) is 5.75 Å². The van der Waals surface area contributed by atoms with Gasteiger partial charge >= 0.3 is 0 Å². The van der Waals surface area contributed by atoms with Crippen LogP contribution in [-0.2, 0) is 9.53 Å². The van der Waals surface area contributed by atoms with Gasteiger partial charge in [-0.15, -0.1) is 0 Å². The van der Waals surface area contributed by atoms with Gasteiger partial charge in [-0.2, -0.15) is 0 Å². The SMILES string of the molecule is COc1ccc(C(CO)N(C)CC(=O)NC2CCOCC2)cc1. The molecule has 6 nitrogen and oxygen atoms in total. The molecule has 2 N–H and O–H groups in total. The van der Waals surface area contributed by atoms with Crippen LogP contribution in [0.3, 0.4) is 0 Å². The maximum absolute atomic E-state index is 12.2. The lowest BCUT2D eigenvalue weighted by Crippen LogP contribution is -2.44. The number of ether oxygens (including phenoxy) is 2. The van der Waals surface area contributed by atoms with Gasteiger partial charge in [-0.3, -0.25) is 9.69 Å². The van der Waals surface area contributed by atoms with Crippen LogP contribution in [0, 0.1) is 0 Å². The molecule has 1 saturated heterocycles. The Morgan fingerprint density at radius 3 is 2.61 bits per heavy atom. The van der Waals surface area contributed by atoms with E-state index >= 15 is 0 Å². The van der Waals surface area contributed by atoms with E-state index in [4.69, 9.17) is 9.47 Å². The van der Waals surface area contributed by atoms with Crippen LogP contribution in [0.5, 0.6) is 5.75 Å². The summed E-state index contributed by atoms with van der Waals surface area (Å²) in [6, 6.07) is 7.50. The number of benzene rings is 1. The van der Waals surface area contributed by atoms with Gasteiger partial charge in [0.15, 0.2) is 0 Å². The van der Waals surface area contributed by atoms with Crippen LogP contribution in [0.15, 0.2) is 24.3 Å². The first-order valence-electron chi connectivity index (χ1n) is 7.96. The number of nitrogens with one attached hydrogen (secondary N) is 1. The van der Waals surface area contributed by atoms with E-state index in [1.54, 1.807) is 7.11 Å². The zero-order chi connectivity index (χ0) is 16.7. The molecule has 1 atom stereocenters. The fraction of sp³-hybridized carbons (Fsp3) is 0.588. The minimum atomic E-state index is -0.221. The number of nitrogens with zero attached hydrogens (tertiary/aromatic N) is 1. The Morgan fingerprint density at radius 1 is 1.39 bits per heavy atom. The summed E-state index contributed by atoms with van der Waals surface area (Å²) in [7, 11) is 3.46. The fourth-order valence-electron chi connectivity index (χ4n) is 2.78. The number of methoxy groups -OCH3 is 1. The molecule has 6 heteroatoms. The van der Waals surface area contributed by atoms with Crippen molar-refractivity contribution in [3.63, 3.8) is 0 Å². The topological polar surface area (TPSA) is 71.0 Å². The van der Waals surface area contributed by atoms with E-state index in [0.717, 1.165) is 24.2 Å². The van der Waals surface area contributed by atoms with Crippen molar-refractivity contribution in [3.05, 3.63) is 29.8 Å². The number of hydrogen-bond acceptors (Lipinski definition) is 5. The molecule has 0 saturated carbocycles. The van der Waals surface area contributed by atoms with Crippen molar-refractivity contribution in [1.29, 1.82) is 0 Å². The molecule has 2 rings (SSSR count). The Kier molecular flexibility index (Phi) is 6.83. The maximum atomic E-state index is 12.2. The van der Waals surface area contributed by atoms with E-state index in [2.05, 4.69) is 5.32 Å². The molecule has 1 fully saturated rings. The van der Waals surface area contributed by atoms with Crippen LogP contribution in [-0.4, -0.2) is 62.5 Å².